The van der Waals surface area contributed by atoms with E-state index < -0.39 is 12.2 Å². The Hall–Kier alpha value is -2.08. The number of aromatic nitrogens is 1. The average Bonchev–Trinajstić information content (AvgIpc) is 2.38. The summed E-state index contributed by atoms with van der Waals surface area (Å²) in [5.74, 6) is -0.497. The summed E-state index contributed by atoms with van der Waals surface area (Å²) in [6.07, 6.45) is -3.44. The number of halogens is 3. The number of nitrogens with zero attached hydrogens (tertiary/aromatic N) is 1. The first-order valence-electron chi connectivity index (χ1n) is 5.40. The fourth-order valence-corrected chi connectivity index (χ4v) is 1.53. The number of hydrogen-bond donors (Lipinski definition) is 1. The summed E-state index contributed by atoms with van der Waals surface area (Å²) in [6, 6.07) is 9.62. The highest BCUT2D eigenvalue weighted by Crippen LogP contribution is 2.24. The number of ether oxygens (including phenoxy) is 1. The number of rotatable bonds is 3. The van der Waals surface area contributed by atoms with Crippen molar-refractivity contribution in [2.45, 2.75) is 13.0 Å². The van der Waals surface area contributed by atoms with E-state index in [2.05, 4.69) is 9.72 Å². The molecule has 0 aliphatic heterocycles. The number of pyridine rings is 1. The summed E-state index contributed by atoms with van der Waals surface area (Å²) in [4.78, 5) is 3.59. The molecule has 1 aromatic heterocycles. The lowest BCUT2D eigenvalue weighted by atomic mass is 10.1. The van der Waals surface area contributed by atoms with Gasteiger partial charge in [0.2, 0.25) is 5.88 Å². The Bertz CT molecular complexity index is 535. The zero-order chi connectivity index (χ0) is 13.9. The van der Waals surface area contributed by atoms with E-state index in [4.69, 9.17) is 5.11 Å². The molecule has 19 heavy (non-hydrogen) atoms. The van der Waals surface area contributed by atoms with Crippen LogP contribution in [0.15, 0.2) is 42.6 Å². The average molecular weight is 269 g/mol. The predicted molar refractivity (Wildman–Crippen MR) is 62.3 cm³/mol. The van der Waals surface area contributed by atoms with Crippen LogP contribution >= 0.6 is 0 Å². The highest BCUT2D eigenvalue weighted by molar-refractivity contribution is 5.62. The van der Waals surface area contributed by atoms with Crippen molar-refractivity contribution in [2.75, 3.05) is 0 Å². The third-order valence-electron chi connectivity index (χ3n) is 2.43. The quantitative estimate of drug-likeness (QED) is 0.930. The Labute approximate surface area is 107 Å². The molecule has 0 amide bonds. The van der Waals surface area contributed by atoms with Crippen LogP contribution in [0.25, 0.3) is 11.1 Å². The SMILES string of the molecule is OCc1ccc(-c2ccc(OC(F)(F)F)nc2)cc1. The highest BCUT2D eigenvalue weighted by atomic mass is 19.4. The molecular weight excluding hydrogens is 259 g/mol. The van der Waals surface area contributed by atoms with E-state index in [0.29, 0.717) is 5.56 Å². The van der Waals surface area contributed by atoms with Crippen LogP contribution in [-0.2, 0) is 6.61 Å². The number of hydrogen-bond acceptors (Lipinski definition) is 3. The van der Waals surface area contributed by atoms with E-state index >= 15 is 0 Å². The Balaban J connectivity index is 2.17. The summed E-state index contributed by atoms with van der Waals surface area (Å²) in [5.41, 5.74) is 2.22. The van der Waals surface area contributed by atoms with Gasteiger partial charge in [-0.3, -0.25) is 0 Å². The zero-order valence-electron chi connectivity index (χ0n) is 9.69. The predicted octanol–water partition coefficient (Wildman–Crippen LogP) is 3.14. The molecule has 1 aromatic carbocycles. The standard InChI is InChI=1S/C13H10F3NO2/c14-13(15,16)19-12-6-5-11(7-17-12)10-3-1-9(8-18)2-4-10/h1-7,18H,8H2. The van der Waals surface area contributed by atoms with Crippen LogP contribution < -0.4 is 4.74 Å². The van der Waals surface area contributed by atoms with E-state index in [1.54, 1.807) is 24.3 Å². The van der Waals surface area contributed by atoms with Gasteiger partial charge < -0.3 is 9.84 Å². The first-order valence-corrected chi connectivity index (χ1v) is 5.40. The molecule has 100 valence electrons. The Morgan fingerprint density at radius 1 is 1.00 bits per heavy atom. The topological polar surface area (TPSA) is 42.4 Å². The second-order valence-corrected chi connectivity index (χ2v) is 3.79. The van der Waals surface area contributed by atoms with Crippen molar-refractivity contribution in [3.63, 3.8) is 0 Å². The van der Waals surface area contributed by atoms with E-state index in [1.807, 2.05) is 0 Å². The lowest BCUT2D eigenvalue weighted by Gasteiger charge is -2.08. The minimum absolute atomic E-state index is 0.0586. The van der Waals surface area contributed by atoms with Gasteiger partial charge in [-0.1, -0.05) is 24.3 Å². The third kappa shape index (κ3) is 3.69. The van der Waals surface area contributed by atoms with Crippen LogP contribution in [-0.4, -0.2) is 16.5 Å². The second-order valence-electron chi connectivity index (χ2n) is 3.79. The summed E-state index contributed by atoms with van der Waals surface area (Å²) in [6.45, 7) is -0.0586. The van der Waals surface area contributed by atoms with E-state index in [-0.39, 0.29) is 6.61 Å². The number of aliphatic hydroxyl groups is 1. The number of benzene rings is 1. The largest absolute Gasteiger partial charge is 0.574 e. The summed E-state index contributed by atoms with van der Waals surface area (Å²) >= 11 is 0. The molecule has 3 nitrogen and oxygen atoms in total. The Morgan fingerprint density at radius 3 is 2.11 bits per heavy atom. The van der Waals surface area contributed by atoms with Gasteiger partial charge >= 0.3 is 6.36 Å². The first-order chi connectivity index (χ1) is 8.98. The molecule has 0 spiro atoms. The monoisotopic (exact) mass is 269 g/mol. The zero-order valence-corrected chi connectivity index (χ0v) is 9.69. The van der Waals surface area contributed by atoms with Crippen LogP contribution in [0.4, 0.5) is 13.2 Å². The maximum atomic E-state index is 12.0. The Morgan fingerprint density at radius 2 is 1.63 bits per heavy atom. The lowest BCUT2D eigenvalue weighted by molar-refractivity contribution is -0.276. The highest BCUT2D eigenvalue weighted by Gasteiger charge is 2.31. The minimum Gasteiger partial charge on any atom is -0.392 e. The second kappa shape index (κ2) is 5.27. The molecule has 0 atom stereocenters. The molecule has 0 radical (unpaired) electrons. The van der Waals surface area contributed by atoms with Gasteiger partial charge in [-0.15, -0.1) is 13.2 Å². The van der Waals surface area contributed by atoms with Crippen molar-refractivity contribution in [3.8, 4) is 17.0 Å². The van der Waals surface area contributed by atoms with Crippen molar-refractivity contribution < 1.29 is 23.0 Å². The van der Waals surface area contributed by atoms with Gasteiger partial charge in [-0.25, -0.2) is 4.98 Å². The van der Waals surface area contributed by atoms with Crippen LogP contribution in [0, 0.1) is 0 Å². The molecule has 0 aliphatic rings. The van der Waals surface area contributed by atoms with Gasteiger partial charge in [-0.05, 0) is 17.2 Å². The van der Waals surface area contributed by atoms with E-state index in [0.717, 1.165) is 17.2 Å². The van der Waals surface area contributed by atoms with Crippen molar-refractivity contribution in [1.82, 2.24) is 4.98 Å². The van der Waals surface area contributed by atoms with E-state index in [9.17, 15) is 13.2 Å². The molecule has 0 aliphatic carbocycles. The molecular formula is C13H10F3NO2. The third-order valence-corrected chi connectivity index (χ3v) is 2.43. The number of aliphatic hydroxyl groups excluding tert-OH is 1. The van der Waals surface area contributed by atoms with Crippen LogP contribution in [0.5, 0.6) is 5.88 Å². The van der Waals surface area contributed by atoms with Crippen molar-refractivity contribution in [1.29, 1.82) is 0 Å². The van der Waals surface area contributed by atoms with Crippen LogP contribution in [0.3, 0.4) is 0 Å². The first kappa shape index (κ1) is 13.4. The molecule has 0 bridgehead atoms. The fraction of sp³-hybridized carbons (Fsp3) is 0.154. The van der Waals surface area contributed by atoms with Crippen LogP contribution in [0.1, 0.15) is 5.56 Å². The number of alkyl halides is 3. The summed E-state index contributed by atoms with van der Waals surface area (Å²) < 4.78 is 39.6. The molecule has 2 aromatic rings. The Kier molecular flexibility index (Phi) is 3.71. The van der Waals surface area contributed by atoms with Gasteiger partial charge in [0.15, 0.2) is 0 Å². The lowest BCUT2D eigenvalue weighted by Crippen LogP contribution is -2.17. The normalized spacial score (nSPS) is 11.4. The fourth-order valence-electron chi connectivity index (χ4n) is 1.53. The van der Waals surface area contributed by atoms with E-state index in [1.165, 1.54) is 12.3 Å². The molecule has 2 rings (SSSR count). The smallest absolute Gasteiger partial charge is 0.392 e. The van der Waals surface area contributed by atoms with Gasteiger partial charge in [0.1, 0.15) is 0 Å². The molecule has 0 unspecified atom stereocenters. The molecule has 1 heterocycles. The van der Waals surface area contributed by atoms with Gasteiger partial charge in [-0.2, -0.15) is 0 Å². The van der Waals surface area contributed by atoms with Crippen LogP contribution in [0.2, 0.25) is 0 Å². The van der Waals surface area contributed by atoms with Crippen molar-refractivity contribution >= 4 is 0 Å². The van der Waals surface area contributed by atoms with Crippen molar-refractivity contribution in [2.24, 2.45) is 0 Å². The molecule has 0 saturated heterocycles. The van der Waals surface area contributed by atoms with Gasteiger partial charge in [0.25, 0.3) is 0 Å². The molecule has 1 N–H and O–H groups in total. The maximum absolute atomic E-state index is 12.0. The van der Waals surface area contributed by atoms with Gasteiger partial charge in [0.05, 0.1) is 6.61 Å². The summed E-state index contributed by atoms with van der Waals surface area (Å²) in [7, 11) is 0. The van der Waals surface area contributed by atoms with Crippen molar-refractivity contribution in [3.05, 3.63) is 48.2 Å². The molecule has 6 heteroatoms. The summed E-state index contributed by atoms with van der Waals surface area (Å²) in [5, 5.41) is 8.91. The maximum Gasteiger partial charge on any atom is 0.574 e. The molecule has 0 saturated carbocycles. The van der Waals surface area contributed by atoms with Gasteiger partial charge in [0, 0.05) is 17.8 Å². The molecule has 0 fully saturated rings. The minimum atomic E-state index is -4.74.